The highest BCUT2D eigenvalue weighted by molar-refractivity contribution is 9.10. The molecule has 3 rings (SSSR count). The summed E-state index contributed by atoms with van der Waals surface area (Å²) in [7, 11) is 0. The molecule has 20 heavy (non-hydrogen) atoms. The average Bonchev–Trinajstić information content (AvgIpc) is 2.84. The normalized spacial score (nSPS) is 11.4. The SMILES string of the molecule is Cc1ccnc2c1ccn2-c1ccc(C(C)C)cc1Br. The smallest absolute Gasteiger partial charge is 0.144 e. The first kappa shape index (κ1) is 13.4. The molecule has 0 N–H and O–H groups in total. The third kappa shape index (κ3) is 2.16. The Morgan fingerprint density at radius 3 is 2.65 bits per heavy atom. The van der Waals surface area contributed by atoms with Gasteiger partial charge in [-0.15, -0.1) is 0 Å². The second-order valence-electron chi connectivity index (χ2n) is 5.42. The van der Waals surface area contributed by atoms with Crippen LogP contribution in [0.3, 0.4) is 0 Å². The number of halogens is 1. The summed E-state index contributed by atoms with van der Waals surface area (Å²) in [6.45, 7) is 6.53. The van der Waals surface area contributed by atoms with Gasteiger partial charge in [0.15, 0.2) is 0 Å². The van der Waals surface area contributed by atoms with Gasteiger partial charge in [-0.2, -0.15) is 0 Å². The summed E-state index contributed by atoms with van der Waals surface area (Å²) < 4.78 is 3.24. The number of aryl methyl sites for hydroxylation is 1. The highest BCUT2D eigenvalue weighted by atomic mass is 79.9. The zero-order chi connectivity index (χ0) is 14.3. The first-order valence-electron chi connectivity index (χ1n) is 6.80. The lowest BCUT2D eigenvalue weighted by Crippen LogP contribution is -1.97. The van der Waals surface area contributed by atoms with E-state index in [2.05, 4.69) is 76.7 Å². The molecule has 2 aromatic heterocycles. The lowest BCUT2D eigenvalue weighted by Gasteiger charge is -2.11. The van der Waals surface area contributed by atoms with Crippen LogP contribution in [0, 0.1) is 6.92 Å². The molecule has 0 bridgehead atoms. The molecule has 0 unspecified atom stereocenters. The molecular weight excluding hydrogens is 312 g/mol. The Kier molecular flexibility index (Phi) is 3.38. The van der Waals surface area contributed by atoms with Crippen molar-refractivity contribution in [3.63, 3.8) is 0 Å². The van der Waals surface area contributed by atoms with Crippen LogP contribution in [0.1, 0.15) is 30.9 Å². The van der Waals surface area contributed by atoms with Gasteiger partial charge < -0.3 is 4.57 Å². The number of aromatic nitrogens is 2. The van der Waals surface area contributed by atoms with Crippen molar-refractivity contribution in [3.05, 3.63) is 58.3 Å². The standard InChI is InChI=1S/C17H17BrN2/c1-11(2)13-4-5-16(15(18)10-13)20-9-7-14-12(3)6-8-19-17(14)20/h4-11H,1-3H3. The van der Waals surface area contributed by atoms with E-state index in [0.717, 1.165) is 15.8 Å². The van der Waals surface area contributed by atoms with Gasteiger partial charge in [-0.05, 0) is 64.2 Å². The van der Waals surface area contributed by atoms with Gasteiger partial charge >= 0.3 is 0 Å². The van der Waals surface area contributed by atoms with Crippen LogP contribution in [0.2, 0.25) is 0 Å². The minimum atomic E-state index is 0.530. The highest BCUT2D eigenvalue weighted by Gasteiger charge is 2.10. The Balaban J connectivity index is 2.19. The summed E-state index contributed by atoms with van der Waals surface area (Å²) in [6.07, 6.45) is 3.95. The molecule has 0 aliphatic heterocycles. The summed E-state index contributed by atoms with van der Waals surface area (Å²) in [5.41, 5.74) is 4.72. The van der Waals surface area contributed by atoms with Crippen LogP contribution in [-0.2, 0) is 0 Å². The quantitative estimate of drug-likeness (QED) is 0.630. The van der Waals surface area contributed by atoms with Gasteiger partial charge in [0.2, 0.25) is 0 Å². The van der Waals surface area contributed by atoms with Gasteiger partial charge in [-0.1, -0.05) is 19.9 Å². The number of hydrogen-bond donors (Lipinski definition) is 0. The number of rotatable bonds is 2. The molecule has 0 amide bonds. The van der Waals surface area contributed by atoms with E-state index >= 15 is 0 Å². The van der Waals surface area contributed by atoms with Crippen LogP contribution < -0.4 is 0 Å². The fourth-order valence-corrected chi connectivity index (χ4v) is 3.03. The molecule has 0 spiro atoms. The fourth-order valence-electron chi connectivity index (χ4n) is 2.45. The molecule has 2 heterocycles. The molecule has 3 heteroatoms. The number of hydrogen-bond acceptors (Lipinski definition) is 1. The Hall–Kier alpha value is -1.61. The van der Waals surface area contributed by atoms with Crippen molar-refractivity contribution >= 4 is 27.0 Å². The summed E-state index contributed by atoms with van der Waals surface area (Å²) in [5, 5.41) is 1.20. The Morgan fingerprint density at radius 1 is 1.15 bits per heavy atom. The average molecular weight is 329 g/mol. The molecule has 0 saturated heterocycles. The largest absolute Gasteiger partial charge is 0.300 e. The van der Waals surface area contributed by atoms with E-state index in [9.17, 15) is 0 Å². The van der Waals surface area contributed by atoms with Gasteiger partial charge in [0.05, 0.1) is 5.69 Å². The predicted octanol–water partition coefficient (Wildman–Crippen LogP) is 5.22. The molecule has 3 aromatic rings. The first-order valence-corrected chi connectivity index (χ1v) is 7.59. The molecule has 0 aliphatic carbocycles. The van der Waals surface area contributed by atoms with Crippen molar-refractivity contribution in [2.45, 2.75) is 26.7 Å². The summed E-state index contributed by atoms with van der Waals surface area (Å²) >= 11 is 3.69. The van der Waals surface area contributed by atoms with Crippen molar-refractivity contribution in [2.75, 3.05) is 0 Å². The Labute approximate surface area is 127 Å². The van der Waals surface area contributed by atoms with E-state index in [0.29, 0.717) is 5.92 Å². The van der Waals surface area contributed by atoms with Crippen molar-refractivity contribution in [3.8, 4) is 5.69 Å². The third-order valence-electron chi connectivity index (χ3n) is 3.70. The van der Waals surface area contributed by atoms with Crippen LogP contribution in [0.5, 0.6) is 0 Å². The van der Waals surface area contributed by atoms with Gasteiger partial charge in [0.1, 0.15) is 5.65 Å². The minimum absolute atomic E-state index is 0.530. The number of fused-ring (bicyclic) bond motifs is 1. The second-order valence-corrected chi connectivity index (χ2v) is 6.27. The lowest BCUT2D eigenvalue weighted by atomic mass is 10.0. The maximum absolute atomic E-state index is 4.52. The Morgan fingerprint density at radius 2 is 1.95 bits per heavy atom. The predicted molar refractivity (Wildman–Crippen MR) is 87.6 cm³/mol. The van der Waals surface area contributed by atoms with Gasteiger partial charge in [0, 0.05) is 22.3 Å². The molecule has 0 aliphatic rings. The van der Waals surface area contributed by atoms with Crippen LogP contribution >= 0.6 is 15.9 Å². The van der Waals surface area contributed by atoms with E-state index in [1.807, 2.05) is 12.3 Å². The minimum Gasteiger partial charge on any atom is -0.300 e. The van der Waals surface area contributed by atoms with Crippen LogP contribution in [0.15, 0.2) is 47.2 Å². The third-order valence-corrected chi connectivity index (χ3v) is 4.34. The molecular formula is C17H17BrN2. The molecule has 0 atom stereocenters. The monoisotopic (exact) mass is 328 g/mol. The zero-order valence-corrected chi connectivity index (χ0v) is 13.5. The van der Waals surface area contributed by atoms with E-state index in [4.69, 9.17) is 0 Å². The van der Waals surface area contributed by atoms with Gasteiger partial charge in [-0.3, -0.25) is 0 Å². The van der Waals surface area contributed by atoms with Crippen molar-refractivity contribution in [2.24, 2.45) is 0 Å². The van der Waals surface area contributed by atoms with Crippen molar-refractivity contribution in [1.29, 1.82) is 0 Å². The zero-order valence-electron chi connectivity index (χ0n) is 11.9. The summed E-state index contributed by atoms with van der Waals surface area (Å²) in [5.74, 6) is 0.530. The molecule has 1 aromatic carbocycles. The molecule has 2 nitrogen and oxygen atoms in total. The number of nitrogens with zero attached hydrogens (tertiary/aromatic N) is 2. The van der Waals surface area contributed by atoms with Crippen LogP contribution in [0.4, 0.5) is 0 Å². The maximum atomic E-state index is 4.52. The second kappa shape index (κ2) is 5.06. The molecule has 0 radical (unpaired) electrons. The number of pyridine rings is 1. The summed E-state index contributed by atoms with van der Waals surface area (Å²) in [6, 6.07) is 10.7. The summed E-state index contributed by atoms with van der Waals surface area (Å²) in [4.78, 5) is 4.52. The fraction of sp³-hybridized carbons (Fsp3) is 0.235. The van der Waals surface area contributed by atoms with Gasteiger partial charge in [0.25, 0.3) is 0 Å². The van der Waals surface area contributed by atoms with Crippen molar-refractivity contribution < 1.29 is 0 Å². The van der Waals surface area contributed by atoms with E-state index < -0.39 is 0 Å². The first-order chi connectivity index (χ1) is 9.58. The van der Waals surface area contributed by atoms with Crippen molar-refractivity contribution in [1.82, 2.24) is 9.55 Å². The van der Waals surface area contributed by atoms with Crippen LogP contribution in [-0.4, -0.2) is 9.55 Å². The molecule has 102 valence electrons. The maximum Gasteiger partial charge on any atom is 0.144 e. The highest BCUT2D eigenvalue weighted by Crippen LogP contribution is 2.29. The van der Waals surface area contributed by atoms with E-state index in [1.165, 1.54) is 16.5 Å². The van der Waals surface area contributed by atoms with E-state index in [1.54, 1.807) is 0 Å². The number of benzene rings is 1. The molecule has 0 saturated carbocycles. The topological polar surface area (TPSA) is 17.8 Å². The van der Waals surface area contributed by atoms with Gasteiger partial charge in [-0.25, -0.2) is 4.98 Å². The lowest BCUT2D eigenvalue weighted by molar-refractivity contribution is 0.864. The van der Waals surface area contributed by atoms with Crippen LogP contribution in [0.25, 0.3) is 16.7 Å². The Bertz CT molecular complexity index is 772. The van der Waals surface area contributed by atoms with E-state index in [-0.39, 0.29) is 0 Å². The molecule has 0 fully saturated rings.